The van der Waals surface area contributed by atoms with Crippen LogP contribution in [0.3, 0.4) is 0 Å². The summed E-state index contributed by atoms with van der Waals surface area (Å²) in [5.74, 6) is 0.904. The quantitative estimate of drug-likeness (QED) is 0.798. The first-order valence-electron chi connectivity index (χ1n) is 5.92. The topological polar surface area (TPSA) is 81.2 Å². The Morgan fingerprint density at radius 2 is 2.35 bits per heavy atom. The van der Waals surface area contributed by atoms with Crippen LogP contribution in [0.4, 0.5) is 5.13 Å². The number of carbonyl (C=O) groups is 1. The molecule has 0 radical (unpaired) electrons. The minimum atomic E-state index is -0.182. The highest BCUT2D eigenvalue weighted by atomic mass is 32.1. The van der Waals surface area contributed by atoms with Gasteiger partial charge in [-0.2, -0.15) is 0 Å². The van der Waals surface area contributed by atoms with E-state index in [4.69, 9.17) is 8.94 Å². The zero-order chi connectivity index (χ0) is 13.9. The number of anilines is 1. The standard InChI is InChI=1S/C13H11N3O3S/c1-8-7-20-13(14-8)15-12(17)6-9-5-11(19-16-9)10-3-2-4-18-10/h2-5,7H,6H2,1H3,(H,14,15,17). The van der Waals surface area contributed by atoms with Gasteiger partial charge in [-0.1, -0.05) is 5.16 Å². The predicted octanol–water partition coefficient (Wildman–Crippen LogP) is 2.88. The third-order valence-corrected chi connectivity index (χ3v) is 3.41. The Bertz CT molecular complexity index is 715. The van der Waals surface area contributed by atoms with Crippen LogP contribution in [0.5, 0.6) is 0 Å². The summed E-state index contributed by atoms with van der Waals surface area (Å²) in [6, 6.07) is 5.21. The summed E-state index contributed by atoms with van der Waals surface area (Å²) < 4.78 is 10.3. The van der Waals surface area contributed by atoms with Crippen molar-refractivity contribution in [3.8, 4) is 11.5 Å². The molecular weight excluding hydrogens is 278 g/mol. The maximum Gasteiger partial charge on any atom is 0.232 e. The van der Waals surface area contributed by atoms with Gasteiger partial charge >= 0.3 is 0 Å². The summed E-state index contributed by atoms with van der Waals surface area (Å²) in [5, 5.41) is 9.03. The summed E-state index contributed by atoms with van der Waals surface area (Å²) >= 11 is 1.39. The molecule has 3 aromatic rings. The maximum atomic E-state index is 11.8. The van der Waals surface area contributed by atoms with Crippen molar-refractivity contribution in [3.05, 3.63) is 41.2 Å². The Morgan fingerprint density at radius 1 is 1.45 bits per heavy atom. The van der Waals surface area contributed by atoms with E-state index in [1.165, 1.54) is 11.3 Å². The summed E-state index contributed by atoms with van der Waals surface area (Å²) in [6.45, 7) is 1.87. The van der Waals surface area contributed by atoms with Gasteiger partial charge in [0, 0.05) is 11.4 Å². The van der Waals surface area contributed by atoms with Crippen LogP contribution in [0.2, 0.25) is 0 Å². The molecule has 0 saturated heterocycles. The van der Waals surface area contributed by atoms with Crippen LogP contribution >= 0.6 is 11.3 Å². The van der Waals surface area contributed by atoms with Crippen molar-refractivity contribution in [1.82, 2.24) is 10.1 Å². The minimum absolute atomic E-state index is 0.128. The summed E-state index contributed by atoms with van der Waals surface area (Å²) in [4.78, 5) is 16.0. The molecule has 1 N–H and O–H groups in total. The van der Waals surface area contributed by atoms with Crippen molar-refractivity contribution in [2.45, 2.75) is 13.3 Å². The van der Waals surface area contributed by atoms with Gasteiger partial charge in [-0.25, -0.2) is 4.98 Å². The Morgan fingerprint density at radius 3 is 3.05 bits per heavy atom. The van der Waals surface area contributed by atoms with Crippen molar-refractivity contribution < 1.29 is 13.7 Å². The van der Waals surface area contributed by atoms with E-state index < -0.39 is 0 Å². The molecule has 0 aliphatic carbocycles. The van der Waals surface area contributed by atoms with Crippen molar-refractivity contribution in [3.63, 3.8) is 0 Å². The molecule has 102 valence electrons. The van der Waals surface area contributed by atoms with Gasteiger partial charge in [0.05, 0.1) is 24.1 Å². The lowest BCUT2D eigenvalue weighted by atomic mass is 10.2. The van der Waals surface area contributed by atoms with Crippen LogP contribution in [0.15, 0.2) is 38.8 Å². The van der Waals surface area contributed by atoms with Gasteiger partial charge in [-0.3, -0.25) is 4.79 Å². The van der Waals surface area contributed by atoms with E-state index in [2.05, 4.69) is 15.5 Å². The normalized spacial score (nSPS) is 10.7. The highest BCUT2D eigenvalue weighted by Gasteiger charge is 2.13. The third-order valence-electron chi connectivity index (χ3n) is 2.53. The molecule has 0 bridgehead atoms. The number of hydrogen-bond acceptors (Lipinski definition) is 6. The molecule has 0 aliphatic rings. The lowest BCUT2D eigenvalue weighted by molar-refractivity contribution is -0.115. The molecule has 0 saturated carbocycles. The Labute approximate surface area is 118 Å². The van der Waals surface area contributed by atoms with Crippen LogP contribution in [0.25, 0.3) is 11.5 Å². The fourth-order valence-electron chi connectivity index (χ4n) is 1.67. The van der Waals surface area contributed by atoms with Crippen LogP contribution in [-0.2, 0) is 11.2 Å². The molecule has 7 heteroatoms. The number of furan rings is 1. The molecule has 0 spiro atoms. The van der Waals surface area contributed by atoms with E-state index in [-0.39, 0.29) is 12.3 Å². The van der Waals surface area contributed by atoms with E-state index in [0.717, 1.165) is 5.69 Å². The van der Waals surface area contributed by atoms with Gasteiger partial charge in [0.1, 0.15) is 0 Å². The monoisotopic (exact) mass is 289 g/mol. The van der Waals surface area contributed by atoms with Crippen LogP contribution in [0, 0.1) is 6.92 Å². The van der Waals surface area contributed by atoms with Gasteiger partial charge in [-0.15, -0.1) is 11.3 Å². The molecule has 3 aromatic heterocycles. The molecule has 0 atom stereocenters. The number of carbonyl (C=O) groups excluding carboxylic acids is 1. The second kappa shape index (κ2) is 5.30. The Kier molecular flexibility index (Phi) is 3.34. The van der Waals surface area contributed by atoms with E-state index in [0.29, 0.717) is 22.3 Å². The predicted molar refractivity (Wildman–Crippen MR) is 73.4 cm³/mol. The van der Waals surface area contributed by atoms with E-state index in [1.807, 2.05) is 12.3 Å². The van der Waals surface area contributed by atoms with E-state index in [1.54, 1.807) is 24.5 Å². The number of aryl methyl sites for hydroxylation is 1. The summed E-state index contributed by atoms with van der Waals surface area (Å²) in [7, 11) is 0. The van der Waals surface area contributed by atoms with Crippen molar-refractivity contribution in [2.24, 2.45) is 0 Å². The number of aromatic nitrogens is 2. The molecule has 20 heavy (non-hydrogen) atoms. The molecule has 6 nitrogen and oxygen atoms in total. The highest BCUT2D eigenvalue weighted by Crippen LogP contribution is 2.21. The molecule has 0 aliphatic heterocycles. The minimum Gasteiger partial charge on any atom is -0.461 e. The third kappa shape index (κ3) is 2.77. The lowest BCUT2D eigenvalue weighted by Crippen LogP contribution is -2.14. The zero-order valence-corrected chi connectivity index (χ0v) is 11.4. The van der Waals surface area contributed by atoms with E-state index >= 15 is 0 Å². The smallest absolute Gasteiger partial charge is 0.232 e. The van der Waals surface area contributed by atoms with Crippen LogP contribution in [-0.4, -0.2) is 16.0 Å². The fraction of sp³-hybridized carbons (Fsp3) is 0.154. The number of hydrogen-bond donors (Lipinski definition) is 1. The molecule has 0 unspecified atom stereocenters. The van der Waals surface area contributed by atoms with Gasteiger partial charge in [-0.05, 0) is 19.1 Å². The van der Waals surface area contributed by atoms with E-state index in [9.17, 15) is 4.79 Å². The average molecular weight is 289 g/mol. The highest BCUT2D eigenvalue weighted by molar-refractivity contribution is 7.13. The van der Waals surface area contributed by atoms with Crippen molar-refractivity contribution in [2.75, 3.05) is 5.32 Å². The number of amides is 1. The molecule has 3 heterocycles. The number of nitrogens with zero attached hydrogens (tertiary/aromatic N) is 2. The second-order valence-electron chi connectivity index (χ2n) is 4.18. The van der Waals surface area contributed by atoms with Crippen molar-refractivity contribution >= 4 is 22.4 Å². The van der Waals surface area contributed by atoms with Crippen LogP contribution < -0.4 is 5.32 Å². The zero-order valence-electron chi connectivity index (χ0n) is 10.6. The second-order valence-corrected chi connectivity index (χ2v) is 5.04. The maximum absolute atomic E-state index is 11.8. The first kappa shape index (κ1) is 12.6. The number of thiazole rings is 1. The Hall–Kier alpha value is -2.41. The fourth-order valence-corrected chi connectivity index (χ4v) is 2.37. The molecular formula is C13H11N3O3S. The van der Waals surface area contributed by atoms with Gasteiger partial charge in [0.2, 0.25) is 11.7 Å². The molecule has 0 fully saturated rings. The number of rotatable bonds is 4. The first-order valence-corrected chi connectivity index (χ1v) is 6.80. The van der Waals surface area contributed by atoms with Gasteiger partial charge in [0.15, 0.2) is 10.9 Å². The summed E-state index contributed by atoms with van der Waals surface area (Å²) in [5.41, 5.74) is 1.43. The van der Waals surface area contributed by atoms with Gasteiger partial charge < -0.3 is 14.3 Å². The molecule has 3 rings (SSSR count). The van der Waals surface area contributed by atoms with Crippen LogP contribution in [0.1, 0.15) is 11.4 Å². The molecule has 0 aromatic carbocycles. The number of nitrogens with one attached hydrogen (secondary N) is 1. The lowest BCUT2D eigenvalue weighted by Gasteiger charge is -1.97. The first-order chi connectivity index (χ1) is 9.70. The molecule has 1 amide bonds. The van der Waals surface area contributed by atoms with Crippen molar-refractivity contribution in [1.29, 1.82) is 0 Å². The van der Waals surface area contributed by atoms with Gasteiger partial charge in [0.25, 0.3) is 0 Å². The summed E-state index contributed by atoms with van der Waals surface area (Å²) in [6.07, 6.45) is 1.68. The Balaban J connectivity index is 1.64. The largest absolute Gasteiger partial charge is 0.461 e. The average Bonchev–Trinajstić information content (AvgIpc) is 3.10. The SMILES string of the molecule is Cc1csc(NC(=O)Cc2cc(-c3ccco3)on2)n1.